The number of hydrogen-bond donors (Lipinski definition) is 1. The molecule has 2 aromatic carbocycles. The van der Waals surface area contributed by atoms with Crippen LogP contribution in [0.4, 0.5) is 5.69 Å². The van der Waals surface area contributed by atoms with Crippen molar-refractivity contribution in [3.63, 3.8) is 0 Å². The van der Waals surface area contributed by atoms with Crippen LogP contribution in [0.25, 0.3) is 0 Å². The lowest BCUT2D eigenvalue weighted by Crippen LogP contribution is -2.46. The molecule has 0 radical (unpaired) electrons. The van der Waals surface area contributed by atoms with Gasteiger partial charge < -0.3 is 19.7 Å². The smallest absolute Gasteiger partial charge is 0.224 e. The monoisotopic (exact) mass is 451 g/mol. The molecule has 0 spiro atoms. The molecule has 0 bridgehead atoms. The van der Waals surface area contributed by atoms with Gasteiger partial charge in [0.2, 0.25) is 5.91 Å². The topological polar surface area (TPSA) is 54.0 Å². The molecule has 6 heteroatoms. The van der Waals surface area contributed by atoms with Gasteiger partial charge in [0.1, 0.15) is 11.5 Å². The molecule has 2 aliphatic rings. The molecule has 2 aromatic rings. The summed E-state index contributed by atoms with van der Waals surface area (Å²) in [4.78, 5) is 17.2. The van der Waals surface area contributed by atoms with Crippen LogP contribution in [0.15, 0.2) is 42.5 Å². The molecule has 2 heterocycles. The highest BCUT2D eigenvalue weighted by atomic mass is 16.5. The number of ether oxygens (including phenoxy) is 2. The number of carbonyl (C=O) groups is 1. The summed E-state index contributed by atoms with van der Waals surface area (Å²) in [6.45, 7) is 10.9. The summed E-state index contributed by atoms with van der Waals surface area (Å²) in [6.07, 6.45) is 3.67. The summed E-state index contributed by atoms with van der Waals surface area (Å²) in [5.74, 6) is 2.04. The van der Waals surface area contributed by atoms with E-state index in [-0.39, 0.29) is 12.0 Å². The van der Waals surface area contributed by atoms with E-state index >= 15 is 0 Å². The molecule has 1 amide bonds. The quantitative estimate of drug-likeness (QED) is 0.559. The Labute approximate surface area is 197 Å². The Balaban J connectivity index is 1.11. The normalized spacial score (nSPS) is 15.9. The van der Waals surface area contributed by atoms with Gasteiger partial charge >= 0.3 is 0 Å². The second kappa shape index (κ2) is 11.4. The Morgan fingerprint density at radius 3 is 2.73 bits per heavy atom. The minimum atomic E-state index is 0.102. The van der Waals surface area contributed by atoms with E-state index in [0.29, 0.717) is 6.42 Å². The van der Waals surface area contributed by atoms with E-state index < -0.39 is 0 Å². The largest absolute Gasteiger partial charge is 0.493 e. The summed E-state index contributed by atoms with van der Waals surface area (Å²) < 4.78 is 11.5. The zero-order valence-electron chi connectivity index (χ0n) is 20.0. The molecule has 33 heavy (non-hydrogen) atoms. The first-order valence-corrected chi connectivity index (χ1v) is 12.3. The molecular formula is C27H37N3O3. The Morgan fingerprint density at radius 1 is 1.09 bits per heavy atom. The van der Waals surface area contributed by atoms with Gasteiger partial charge in [0.15, 0.2) is 0 Å². The summed E-state index contributed by atoms with van der Waals surface area (Å²) in [5, 5.41) is 3.08. The number of para-hydroxylation sites is 2. The summed E-state index contributed by atoms with van der Waals surface area (Å²) in [7, 11) is 0. The van der Waals surface area contributed by atoms with Gasteiger partial charge in [0.25, 0.3) is 0 Å². The molecule has 178 valence electrons. The van der Waals surface area contributed by atoms with E-state index in [9.17, 15) is 4.79 Å². The number of unbranched alkanes of at least 4 members (excludes halogenated alkanes) is 1. The number of piperazine rings is 1. The third-order valence-corrected chi connectivity index (χ3v) is 6.28. The van der Waals surface area contributed by atoms with Crippen LogP contribution >= 0.6 is 0 Å². The van der Waals surface area contributed by atoms with Crippen molar-refractivity contribution in [2.45, 2.75) is 45.6 Å². The zero-order chi connectivity index (χ0) is 23.0. The highest BCUT2D eigenvalue weighted by molar-refractivity contribution is 5.78. The lowest BCUT2D eigenvalue weighted by molar-refractivity contribution is -0.120. The Bertz CT molecular complexity index is 923. The fourth-order valence-electron chi connectivity index (χ4n) is 4.57. The molecule has 0 atom stereocenters. The number of nitrogens with one attached hydrogen (secondary N) is 1. The zero-order valence-corrected chi connectivity index (χ0v) is 20.0. The summed E-state index contributed by atoms with van der Waals surface area (Å²) in [5.41, 5.74) is 3.48. The van der Waals surface area contributed by atoms with Crippen LogP contribution in [0.3, 0.4) is 0 Å². The van der Waals surface area contributed by atoms with Crippen molar-refractivity contribution in [2.75, 3.05) is 50.8 Å². The van der Waals surface area contributed by atoms with E-state index in [0.717, 1.165) is 82.2 Å². The van der Waals surface area contributed by atoms with Gasteiger partial charge in [-0.2, -0.15) is 0 Å². The molecule has 6 nitrogen and oxygen atoms in total. The third kappa shape index (κ3) is 6.64. The Kier molecular flexibility index (Phi) is 8.10. The SMILES string of the molecule is CC(C)Oc1ccccc1N1CCN(CCCCNC(=O)Cc2ccc3c(c2)CCO3)CC1. The average Bonchev–Trinajstić information content (AvgIpc) is 3.27. The van der Waals surface area contributed by atoms with Crippen LogP contribution in [-0.2, 0) is 17.6 Å². The molecule has 1 fully saturated rings. The first kappa shape index (κ1) is 23.4. The highest BCUT2D eigenvalue weighted by Crippen LogP contribution is 2.29. The van der Waals surface area contributed by atoms with E-state index in [1.807, 2.05) is 18.2 Å². The molecule has 0 saturated carbocycles. The number of nitrogens with zero attached hydrogens (tertiary/aromatic N) is 2. The summed E-state index contributed by atoms with van der Waals surface area (Å²) in [6, 6.07) is 14.4. The second-order valence-corrected chi connectivity index (χ2v) is 9.24. The lowest BCUT2D eigenvalue weighted by Gasteiger charge is -2.37. The van der Waals surface area contributed by atoms with Crippen molar-refractivity contribution in [3.05, 3.63) is 53.6 Å². The number of benzene rings is 2. The van der Waals surface area contributed by atoms with Crippen LogP contribution in [-0.4, -0.2) is 62.8 Å². The minimum Gasteiger partial charge on any atom is -0.493 e. The maximum absolute atomic E-state index is 12.3. The first-order chi connectivity index (χ1) is 16.1. The standard InChI is InChI=1S/C27H37N3O3/c1-21(2)33-26-8-4-3-7-24(26)30-16-14-29(15-17-30)13-6-5-12-28-27(31)20-22-9-10-25-23(19-22)11-18-32-25/h3-4,7-10,19,21H,5-6,11-18,20H2,1-2H3,(H,28,31). The third-order valence-electron chi connectivity index (χ3n) is 6.28. The van der Waals surface area contributed by atoms with Crippen LogP contribution in [0.1, 0.15) is 37.8 Å². The van der Waals surface area contributed by atoms with E-state index in [1.165, 1.54) is 11.3 Å². The minimum absolute atomic E-state index is 0.102. The second-order valence-electron chi connectivity index (χ2n) is 9.24. The molecule has 0 unspecified atom stereocenters. The molecule has 0 aromatic heterocycles. The first-order valence-electron chi connectivity index (χ1n) is 12.3. The number of anilines is 1. The maximum atomic E-state index is 12.3. The predicted molar refractivity (Wildman–Crippen MR) is 132 cm³/mol. The van der Waals surface area contributed by atoms with Crippen LogP contribution in [0, 0.1) is 0 Å². The van der Waals surface area contributed by atoms with Gasteiger partial charge in [0.05, 0.1) is 24.8 Å². The molecule has 2 aliphatic heterocycles. The van der Waals surface area contributed by atoms with Crippen molar-refractivity contribution in [1.82, 2.24) is 10.2 Å². The van der Waals surface area contributed by atoms with Crippen molar-refractivity contribution in [2.24, 2.45) is 0 Å². The molecule has 4 rings (SSSR count). The summed E-state index contributed by atoms with van der Waals surface area (Å²) >= 11 is 0. The Morgan fingerprint density at radius 2 is 1.91 bits per heavy atom. The van der Waals surface area contributed by atoms with Crippen molar-refractivity contribution in [1.29, 1.82) is 0 Å². The Hall–Kier alpha value is -2.73. The maximum Gasteiger partial charge on any atom is 0.224 e. The predicted octanol–water partition coefficient (Wildman–Crippen LogP) is 3.67. The van der Waals surface area contributed by atoms with Gasteiger partial charge in [-0.15, -0.1) is 0 Å². The van der Waals surface area contributed by atoms with E-state index in [2.05, 4.69) is 53.2 Å². The molecule has 0 aliphatic carbocycles. The number of carbonyl (C=O) groups excluding carboxylic acids is 1. The van der Waals surface area contributed by atoms with Crippen molar-refractivity contribution in [3.8, 4) is 11.5 Å². The molecule has 1 N–H and O–H groups in total. The van der Waals surface area contributed by atoms with Gasteiger partial charge in [-0.05, 0) is 62.6 Å². The number of hydrogen-bond acceptors (Lipinski definition) is 5. The van der Waals surface area contributed by atoms with Gasteiger partial charge in [-0.25, -0.2) is 0 Å². The van der Waals surface area contributed by atoms with E-state index in [4.69, 9.17) is 9.47 Å². The number of rotatable bonds is 10. The van der Waals surface area contributed by atoms with Crippen LogP contribution in [0.5, 0.6) is 11.5 Å². The highest BCUT2D eigenvalue weighted by Gasteiger charge is 2.20. The van der Waals surface area contributed by atoms with Crippen molar-refractivity contribution >= 4 is 11.6 Å². The van der Waals surface area contributed by atoms with Crippen LogP contribution in [0.2, 0.25) is 0 Å². The average molecular weight is 452 g/mol. The van der Waals surface area contributed by atoms with Gasteiger partial charge in [0, 0.05) is 39.1 Å². The fourth-order valence-corrected chi connectivity index (χ4v) is 4.57. The number of amides is 1. The number of fused-ring (bicyclic) bond motifs is 1. The van der Waals surface area contributed by atoms with Gasteiger partial charge in [-0.1, -0.05) is 24.3 Å². The fraction of sp³-hybridized carbons (Fsp3) is 0.519. The molecular weight excluding hydrogens is 414 g/mol. The lowest BCUT2D eigenvalue weighted by atomic mass is 10.1. The molecule has 1 saturated heterocycles. The van der Waals surface area contributed by atoms with E-state index in [1.54, 1.807) is 0 Å². The van der Waals surface area contributed by atoms with Crippen LogP contribution < -0.4 is 19.7 Å². The van der Waals surface area contributed by atoms with Gasteiger partial charge in [-0.3, -0.25) is 9.69 Å². The van der Waals surface area contributed by atoms with Crippen molar-refractivity contribution < 1.29 is 14.3 Å².